The number of carboxylic acid groups (broad SMARTS) is 1. The van der Waals surface area contributed by atoms with E-state index in [-0.39, 0.29) is 18.3 Å². The molecule has 2 fully saturated rings. The van der Waals surface area contributed by atoms with Crippen molar-refractivity contribution in [2.45, 2.75) is 69.8 Å². The fraction of sp³-hybridized carbons (Fsp3) is 0.600. The lowest BCUT2D eigenvalue weighted by Gasteiger charge is -2.38. The molecule has 0 spiro atoms. The summed E-state index contributed by atoms with van der Waals surface area (Å²) in [7, 11) is 1.70. The number of pyridine rings is 1. The number of likely N-dealkylation sites (tertiary alicyclic amines) is 1. The van der Waals surface area contributed by atoms with E-state index in [0.717, 1.165) is 67.9 Å². The minimum atomic E-state index is -1.01. The Bertz CT molecular complexity index is 1170. The molecule has 2 saturated heterocycles. The van der Waals surface area contributed by atoms with E-state index < -0.39 is 23.4 Å². The number of rotatable bonds is 13. The van der Waals surface area contributed by atoms with Crippen LogP contribution in [0.5, 0.6) is 5.75 Å². The Morgan fingerprint density at radius 1 is 1.35 bits per heavy atom. The van der Waals surface area contributed by atoms with Crippen LogP contribution in [0.1, 0.15) is 61.0 Å². The maximum Gasteiger partial charge on any atom is 0.325 e. The summed E-state index contributed by atoms with van der Waals surface area (Å²) in [5, 5.41) is 13.5. The van der Waals surface area contributed by atoms with E-state index in [0.29, 0.717) is 38.5 Å². The SMILES string of the molecule is COc1cc(CCCCO[C@@H]2CCN(C(C(=O)O)c3cccc(F)c3COC3(C)COC3)C2)nc2c1CCCN2. The topological polar surface area (TPSA) is 102 Å². The Morgan fingerprint density at radius 2 is 2.20 bits per heavy atom. The van der Waals surface area contributed by atoms with Gasteiger partial charge in [0.05, 0.1) is 33.0 Å². The van der Waals surface area contributed by atoms with Gasteiger partial charge in [0.1, 0.15) is 29.0 Å². The molecule has 1 aromatic heterocycles. The molecule has 40 heavy (non-hydrogen) atoms. The van der Waals surface area contributed by atoms with Gasteiger partial charge in [-0.15, -0.1) is 0 Å². The van der Waals surface area contributed by atoms with Gasteiger partial charge in [0.25, 0.3) is 0 Å². The van der Waals surface area contributed by atoms with Gasteiger partial charge in [0.15, 0.2) is 0 Å². The molecule has 4 heterocycles. The van der Waals surface area contributed by atoms with Crippen molar-refractivity contribution in [3.05, 3.63) is 52.5 Å². The van der Waals surface area contributed by atoms with Crippen molar-refractivity contribution in [1.82, 2.24) is 9.88 Å². The third-order valence-corrected chi connectivity index (χ3v) is 8.04. The van der Waals surface area contributed by atoms with E-state index in [4.69, 9.17) is 23.9 Å². The molecule has 1 unspecified atom stereocenters. The lowest BCUT2D eigenvalue weighted by atomic mass is 9.98. The fourth-order valence-electron chi connectivity index (χ4n) is 5.74. The van der Waals surface area contributed by atoms with Crippen molar-refractivity contribution in [2.24, 2.45) is 0 Å². The van der Waals surface area contributed by atoms with Gasteiger partial charge in [-0.1, -0.05) is 12.1 Å². The van der Waals surface area contributed by atoms with Gasteiger partial charge in [-0.25, -0.2) is 9.37 Å². The quantitative estimate of drug-likeness (QED) is 0.352. The molecule has 3 aliphatic rings. The lowest BCUT2D eigenvalue weighted by molar-refractivity contribution is -0.205. The predicted octanol–water partition coefficient (Wildman–Crippen LogP) is 4.13. The Labute approximate surface area is 235 Å². The van der Waals surface area contributed by atoms with Crippen molar-refractivity contribution in [3.63, 3.8) is 0 Å². The van der Waals surface area contributed by atoms with Crippen LogP contribution in [-0.4, -0.2) is 79.2 Å². The number of carbonyl (C=O) groups is 1. The highest BCUT2D eigenvalue weighted by Gasteiger charge is 2.38. The molecular weight excluding hydrogens is 517 g/mol. The highest BCUT2D eigenvalue weighted by atomic mass is 19.1. The predicted molar refractivity (Wildman–Crippen MR) is 147 cm³/mol. The highest BCUT2D eigenvalue weighted by molar-refractivity contribution is 5.76. The second-order valence-electron chi connectivity index (χ2n) is 11.2. The van der Waals surface area contributed by atoms with Crippen LogP contribution < -0.4 is 10.1 Å². The smallest absolute Gasteiger partial charge is 0.325 e. The Kier molecular flexibility index (Phi) is 9.20. The third kappa shape index (κ3) is 6.57. The van der Waals surface area contributed by atoms with E-state index in [2.05, 4.69) is 5.32 Å². The summed E-state index contributed by atoms with van der Waals surface area (Å²) >= 11 is 0. The number of anilines is 1. The summed E-state index contributed by atoms with van der Waals surface area (Å²) in [5.74, 6) is 0.381. The number of hydrogen-bond donors (Lipinski definition) is 2. The number of methoxy groups -OCH3 is 1. The summed E-state index contributed by atoms with van der Waals surface area (Å²) in [4.78, 5) is 19.1. The van der Waals surface area contributed by atoms with Crippen LogP contribution in [0.25, 0.3) is 0 Å². The molecule has 10 heteroatoms. The summed E-state index contributed by atoms with van der Waals surface area (Å²) in [6.07, 6.45) is 5.38. The van der Waals surface area contributed by atoms with Gasteiger partial charge in [0, 0.05) is 49.1 Å². The fourth-order valence-corrected chi connectivity index (χ4v) is 5.74. The maximum absolute atomic E-state index is 14.9. The molecule has 9 nitrogen and oxygen atoms in total. The van der Waals surface area contributed by atoms with Gasteiger partial charge >= 0.3 is 5.97 Å². The van der Waals surface area contributed by atoms with Crippen molar-refractivity contribution in [2.75, 3.05) is 51.9 Å². The number of aliphatic carboxylic acids is 1. The molecule has 1 aromatic carbocycles. The number of unbranched alkanes of at least 4 members (excludes halogenated alkanes) is 1. The molecule has 218 valence electrons. The van der Waals surface area contributed by atoms with Crippen LogP contribution in [0, 0.1) is 5.82 Å². The molecule has 2 aromatic rings. The average molecular weight is 558 g/mol. The molecule has 3 aliphatic heterocycles. The first kappa shape index (κ1) is 28.7. The highest BCUT2D eigenvalue weighted by Crippen LogP contribution is 2.33. The first-order valence-corrected chi connectivity index (χ1v) is 14.2. The molecule has 2 atom stereocenters. The van der Waals surface area contributed by atoms with Crippen molar-refractivity contribution in [1.29, 1.82) is 0 Å². The lowest BCUT2D eigenvalue weighted by Crippen LogP contribution is -2.49. The van der Waals surface area contributed by atoms with Crippen LogP contribution in [0.4, 0.5) is 10.2 Å². The maximum atomic E-state index is 14.9. The first-order valence-electron chi connectivity index (χ1n) is 14.2. The van der Waals surface area contributed by atoms with Gasteiger partial charge in [-0.3, -0.25) is 9.69 Å². The standard InChI is InChI=1S/C30H40FN3O6/c1-30(18-38-19-30)40-17-24-22(8-5-10-25(24)31)27(29(35)36)34-13-11-21(16-34)39-14-4-3-7-20-15-26(37-2)23-9-6-12-32-28(23)33-20/h5,8,10,15,21,27H,3-4,6-7,9,11-14,16-19H2,1-2H3,(H,32,33)(H,35,36)/t21-,27?/m1/s1. The number of aromatic nitrogens is 1. The van der Waals surface area contributed by atoms with Gasteiger partial charge < -0.3 is 29.4 Å². The number of aryl methyl sites for hydroxylation is 1. The van der Waals surface area contributed by atoms with E-state index >= 15 is 0 Å². The van der Waals surface area contributed by atoms with Crippen molar-refractivity contribution >= 4 is 11.8 Å². The van der Waals surface area contributed by atoms with Gasteiger partial charge in [-0.05, 0) is 57.1 Å². The van der Waals surface area contributed by atoms with Crippen LogP contribution in [0.2, 0.25) is 0 Å². The van der Waals surface area contributed by atoms with Gasteiger partial charge in [0.2, 0.25) is 0 Å². The zero-order valence-electron chi connectivity index (χ0n) is 23.4. The Morgan fingerprint density at radius 3 is 2.95 bits per heavy atom. The number of ether oxygens (including phenoxy) is 4. The van der Waals surface area contributed by atoms with E-state index in [1.54, 1.807) is 19.2 Å². The second-order valence-corrected chi connectivity index (χ2v) is 11.2. The molecule has 0 bridgehead atoms. The number of carboxylic acids is 1. The minimum absolute atomic E-state index is 0.000426. The molecule has 5 rings (SSSR count). The van der Waals surface area contributed by atoms with Gasteiger partial charge in [-0.2, -0.15) is 0 Å². The largest absolute Gasteiger partial charge is 0.496 e. The monoisotopic (exact) mass is 557 g/mol. The molecule has 2 N–H and O–H groups in total. The number of halogens is 1. The molecule has 0 aliphatic carbocycles. The van der Waals surface area contributed by atoms with E-state index in [1.807, 2.05) is 17.9 Å². The summed E-state index contributed by atoms with van der Waals surface area (Å²) in [6.45, 7) is 5.37. The number of hydrogen-bond acceptors (Lipinski definition) is 8. The van der Waals surface area contributed by atoms with Crippen LogP contribution in [-0.2, 0) is 38.5 Å². The molecule has 0 saturated carbocycles. The number of nitrogens with zero attached hydrogens (tertiary/aromatic N) is 2. The number of benzene rings is 1. The first-order chi connectivity index (χ1) is 19.4. The molecular formula is C30H40FN3O6. The van der Waals surface area contributed by atoms with E-state index in [1.165, 1.54) is 6.07 Å². The second kappa shape index (κ2) is 12.8. The Balaban J connectivity index is 1.12. The summed E-state index contributed by atoms with van der Waals surface area (Å²) in [6, 6.07) is 5.67. The third-order valence-electron chi connectivity index (χ3n) is 8.04. The molecule has 0 amide bonds. The van der Waals surface area contributed by atoms with Crippen LogP contribution in [0.15, 0.2) is 24.3 Å². The number of fused-ring (bicyclic) bond motifs is 1. The van der Waals surface area contributed by atoms with Crippen LogP contribution >= 0.6 is 0 Å². The van der Waals surface area contributed by atoms with Crippen molar-refractivity contribution in [3.8, 4) is 5.75 Å². The van der Waals surface area contributed by atoms with E-state index in [9.17, 15) is 14.3 Å². The Hall–Kier alpha value is -2.79. The zero-order valence-corrected chi connectivity index (χ0v) is 23.4. The molecule has 0 radical (unpaired) electrons. The summed E-state index contributed by atoms with van der Waals surface area (Å²) < 4.78 is 37.7. The summed E-state index contributed by atoms with van der Waals surface area (Å²) in [5.41, 5.74) is 2.42. The zero-order chi connectivity index (χ0) is 28.1. The average Bonchev–Trinajstić information content (AvgIpc) is 3.39. The van der Waals surface area contributed by atoms with Crippen LogP contribution in [0.3, 0.4) is 0 Å². The van der Waals surface area contributed by atoms with Crippen molar-refractivity contribution < 1.29 is 33.2 Å². The normalized spacial score (nSPS) is 20.8. The minimum Gasteiger partial charge on any atom is -0.496 e. The number of nitrogens with one attached hydrogen (secondary N) is 1.